The van der Waals surface area contributed by atoms with Gasteiger partial charge in [-0.3, -0.25) is 20.0 Å². The summed E-state index contributed by atoms with van der Waals surface area (Å²) >= 11 is 0. The number of carboxylic acids is 2. The predicted octanol–water partition coefficient (Wildman–Crippen LogP) is 1.55. The summed E-state index contributed by atoms with van der Waals surface area (Å²) in [4.78, 5) is 48.4. The van der Waals surface area contributed by atoms with Crippen LogP contribution in [-0.4, -0.2) is 44.4 Å². The average molecular weight is 388 g/mol. The molecule has 0 saturated carbocycles. The molecule has 0 aliphatic rings. The number of hydrogen-bond donors (Lipinski definition) is 6. The number of carbonyl (C=O) groups excluding carboxylic acids is 2. The van der Waals surface area contributed by atoms with Crippen molar-refractivity contribution < 1.29 is 39.8 Å². The first-order valence-electron chi connectivity index (χ1n) is 7.93. The third kappa shape index (κ3) is 3.41. The zero-order valence-electron chi connectivity index (χ0n) is 14.5. The van der Waals surface area contributed by atoms with Gasteiger partial charge >= 0.3 is 11.9 Å². The van der Waals surface area contributed by atoms with E-state index in [1.54, 1.807) is 25.1 Å². The molecule has 146 valence electrons. The van der Waals surface area contributed by atoms with E-state index in [1.807, 2.05) is 0 Å². The van der Waals surface area contributed by atoms with E-state index in [-0.39, 0.29) is 17.5 Å². The van der Waals surface area contributed by atoms with Crippen LogP contribution in [0.15, 0.2) is 30.3 Å². The number of rotatable bonds is 6. The Balaban J connectivity index is 3.25. The average Bonchev–Trinajstić information content (AvgIpc) is 2.70. The summed E-state index contributed by atoms with van der Waals surface area (Å²) in [6, 6.07) is 7.89. The Morgan fingerprint density at radius 3 is 1.71 bits per heavy atom. The van der Waals surface area contributed by atoms with E-state index in [1.165, 1.54) is 23.1 Å². The molecule has 0 aromatic heterocycles. The molecular weight excluding hydrogens is 372 g/mol. The van der Waals surface area contributed by atoms with Gasteiger partial charge in [0.2, 0.25) is 0 Å². The van der Waals surface area contributed by atoms with Crippen LogP contribution in [-0.2, 0) is 6.42 Å². The highest BCUT2D eigenvalue weighted by atomic mass is 16.5. The molecule has 10 nitrogen and oxygen atoms in total. The van der Waals surface area contributed by atoms with E-state index in [2.05, 4.69) is 0 Å². The maximum absolute atomic E-state index is 12.4. The van der Waals surface area contributed by atoms with Crippen LogP contribution in [0.4, 0.5) is 0 Å². The summed E-state index contributed by atoms with van der Waals surface area (Å²) in [6.07, 6.45) is -0.00112. The van der Waals surface area contributed by atoms with Gasteiger partial charge in [0.1, 0.15) is 0 Å². The lowest BCUT2D eigenvalue weighted by atomic mass is 9.82. The number of carboxylic acid groups (broad SMARTS) is 2. The molecule has 2 rings (SSSR count). The van der Waals surface area contributed by atoms with E-state index in [4.69, 9.17) is 10.4 Å². The number of amides is 2. The largest absolute Gasteiger partial charge is 0.478 e. The Kier molecular flexibility index (Phi) is 6.08. The molecule has 0 spiro atoms. The van der Waals surface area contributed by atoms with Gasteiger partial charge in [-0.2, -0.15) is 0 Å². The molecule has 0 unspecified atom stereocenters. The predicted molar refractivity (Wildman–Crippen MR) is 93.7 cm³/mol. The second-order valence-corrected chi connectivity index (χ2v) is 5.57. The monoisotopic (exact) mass is 388 g/mol. The van der Waals surface area contributed by atoms with Gasteiger partial charge in [-0.15, -0.1) is 0 Å². The minimum atomic E-state index is -1.79. The van der Waals surface area contributed by atoms with Crippen molar-refractivity contribution in [2.75, 3.05) is 0 Å². The highest BCUT2D eigenvalue weighted by Gasteiger charge is 2.35. The summed E-state index contributed by atoms with van der Waals surface area (Å²) in [5, 5.41) is 37.4. The number of hydrogen-bond acceptors (Lipinski definition) is 6. The summed E-state index contributed by atoms with van der Waals surface area (Å²) in [5.74, 6) is -6.09. The van der Waals surface area contributed by atoms with E-state index in [0.717, 1.165) is 0 Å². The highest BCUT2D eigenvalue weighted by Crippen LogP contribution is 2.36. The smallest absolute Gasteiger partial charge is 0.337 e. The molecule has 0 aliphatic carbocycles. The van der Waals surface area contributed by atoms with Crippen LogP contribution in [0.1, 0.15) is 53.9 Å². The van der Waals surface area contributed by atoms with Gasteiger partial charge in [0.05, 0.1) is 22.3 Å². The fourth-order valence-corrected chi connectivity index (χ4v) is 3.09. The molecule has 0 radical (unpaired) electrons. The molecule has 0 fully saturated rings. The molecule has 2 amide bonds. The molecule has 0 atom stereocenters. The number of nitrogens with one attached hydrogen (secondary N) is 2. The Hall–Kier alpha value is -3.76. The van der Waals surface area contributed by atoms with E-state index in [0.29, 0.717) is 5.56 Å². The molecule has 2 aromatic rings. The zero-order valence-corrected chi connectivity index (χ0v) is 14.5. The first-order chi connectivity index (χ1) is 13.3. The maximum atomic E-state index is 12.4. The summed E-state index contributed by atoms with van der Waals surface area (Å²) in [7, 11) is 0. The number of carbonyl (C=O) groups is 4. The SMILES string of the molecule is CCc1c(C(=O)O)c(C(=O)O)c(C(=O)NO)c(C(=O)NO)c1-c1ccccc1. The van der Waals surface area contributed by atoms with Gasteiger partial charge in [-0.1, -0.05) is 37.3 Å². The van der Waals surface area contributed by atoms with Gasteiger partial charge < -0.3 is 10.2 Å². The second kappa shape index (κ2) is 8.29. The first kappa shape index (κ1) is 20.6. The van der Waals surface area contributed by atoms with E-state index in [9.17, 15) is 29.4 Å². The molecular formula is C18H16N2O8. The zero-order chi connectivity index (χ0) is 21.0. The van der Waals surface area contributed by atoms with Crippen LogP contribution in [0, 0.1) is 0 Å². The van der Waals surface area contributed by atoms with Crippen molar-refractivity contribution in [1.82, 2.24) is 11.0 Å². The molecule has 0 bridgehead atoms. The summed E-state index contributed by atoms with van der Waals surface area (Å²) < 4.78 is 0. The third-order valence-electron chi connectivity index (χ3n) is 4.10. The topological polar surface area (TPSA) is 173 Å². The van der Waals surface area contributed by atoms with Gasteiger partial charge in [-0.25, -0.2) is 20.5 Å². The minimum absolute atomic E-state index is 0.00112. The van der Waals surface area contributed by atoms with Crippen LogP contribution < -0.4 is 11.0 Å². The Morgan fingerprint density at radius 1 is 0.786 bits per heavy atom. The van der Waals surface area contributed by atoms with Crippen molar-refractivity contribution in [3.05, 3.63) is 58.1 Å². The van der Waals surface area contributed by atoms with Crippen LogP contribution in [0.2, 0.25) is 0 Å². The van der Waals surface area contributed by atoms with Crippen molar-refractivity contribution in [3.8, 4) is 11.1 Å². The van der Waals surface area contributed by atoms with Gasteiger partial charge in [0.15, 0.2) is 0 Å². The lowest BCUT2D eigenvalue weighted by molar-refractivity contribution is 0.0629. The molecule has 0 heterocycles. The molecule has 10 heteroatoms. The molecule has 0 aliphatic heterocycles. The first-order valence-corrected chi connectivity index (χ1v) is 7.93. The fraction of sp³-hybridized carbons (Fsp3) is 0.111. The Labute approximate surface area is 158 Å². The van der Waals surface area contributed by atoms with Crippen molar-refractivity contribution in [2.24, 2.45) is 0 Å². The quantitative estimate of drug-likeness (QED) is 0.319. The van der Waals surface area contributed by atoms with Crippen LogP contribution >= 0.6 is 0 Å². The fourth-order valence-electron chi connectivity index (χ4n) is 3.09. The second-order valence-electron chi connectivity index (χ2n) is 5.57. The summed E-state index contributed by atoms with van der Waals surface area (Å²) in [6.45, 7) is 1.55. The van der Waals surface area contributed by atoms with Gasteiger partial charge in [0, 0.05) is 0 Å². The van der Waals surface area contributed by atoms with Gasteiger partial charge in [-0.05, 0) is 23.1 Å². The molecule has 28 heavy (non-hydrogen) atoms. The van der Waals surface area contributed by atoms with E-state index < -0.39 is 46.0 Å². The number of benzene rings is 2. The molecule has 2 aromatic carbocycles. The third-order valence-corrected chi connectivity index (χ3v) is 4.10. The molecule has 0 saturated heterocycles. The highest BCUT2D eigenvalue weighted by molar-refractivity contribution is 6.20. The van der Waals surface area contributed by atoms with Crippen LogP contribution in [0.3, 0.4) is 0 Å². The normalized spacial score (nSPS) is 10.2. The van der Waals surface area contributed by atoms with Crippen molar-refractivity contribution in [1.29, 1.82) is 0 Å². The van der Waals surface area contributed by atoms with Crippen LogP contribution in [0.5, 0.6) is 0 Å². The lowest BCUT2D eigenvalue weighted by Crippen LogP contribution is -2.31. The maximum Gasteiger partial charge on any atom is 0.337 e. The Morgan fingerprint density at radius 2 is 1.29 bits per heavy atom. The number of aromatic carboxylic acids is 2. The lowest BCUT2D eigenvalue weighted by Gasteiger charge is -2.21. The van der Waals surface area contributed by atoms with Crippen molar-refractivity contribution in [2.45, 2.75) is 13.3 Å². The Bertz CT molecular complexity index is 970. The number of hydroxylamine groups is 2. The minimum Gasteiger partial charge on any atom is -0.478 e. The summed E-state index contributed by atoms with van der Waals surface area (Å²) in [5.41, 5.74) is -0.350. The van der Waals surface area contributed by atoms with Crippen molar-refractivity contribution >= 4 is 23.8 Å². The standard InChI is InChI=1S/C18H16N2O8/c1-2-9-10(8-6-4-3-5-7-8)12(15(21)19-27)13(16(22)20-28)14(18(25)26)11(9)17(23)24/h3-7,27-28H,2H2,1H3,(H,19,21)(H,20,22)(H,23,24)(H,25,26). The van der Waals surface area contributed by atoms with Crippen LogP contribution in [0.25, 0.3) is 11.1 Å². The van der Waals surface area contributed by atoms with E-state index >= 15 is 0 Å². The molecule has 6 N–H and O–H groups in total. The van der Waals surface area contributed by atoms with Gasteiger partial charge in [0.25, 0.3) is 11.8 Å². The van der Waals surface area contributed by atoms with Crippen molar-refractivity contribution in [3.63, 3.8) is 0 Å².